The molecule has 1 aliphatic carbocycles. The summed E-state index contributed by atoms with van der Waals surface area (Å²) in [5, 5.41) is 0. The van der Waals surface area contributed by atoms with Crippen molar-refractivity contribution in [2.45, 2.75) is 31.8 Å². The van der Waals surface area contributed by atoms with Gasteiger partial charge in [-0.1, -0.05) is 0 Å². The fourth-order valence-electron chi connectivity index (χ4n) is 1.55. The Kier molecular flexibility index (Phi) is 4.28. The molecule has 0 aliphatic heterocycles. The van der Waals surface area contributed by atoms with Crippen molar-refractivity contribution >= 4 is 29.0 Å². The van der Waals surface area contributed by atoms with Gasteiger partial charge in [-0.3, -0.25) is 4.79 Å². The van der Waals surface area contributed by atoms with Gasteiger partial charge in [0.25, 0.3) is 0 Å². The van der Waals surface area contributed by atoms with Gasteiger partial charge in [-0.05, 0) is 25.7 Å². The molecule has 1 fully saturated rings. The highest BCUT2D eigenvalue weighted by molar-refractivity contribution is 14.1. The van der Waals surface area contributed by atoms with E-state index in [1.54, 1.807) is 0 Å². The first-order chi connectivity index (χ1) is 5.77. The molecule has 1 saturated carbocycles. The zero-order valence-electron chi connectivity index (χ0n) is 7.09. The second kappa shape index (κ2) is 5.01. The third-order valence-electron chi connectivity index (χ3n) is 2.33. The molecule has 0 spiro atoms. The Morgan fingerprint density at radius 2 is 1.92 bits per heavy atom. The fourth-order valence-corrected chi connectivity index (χ4v) is 2.06. The van der Waals surface area contributed by atoms with Crippen LogP contribution in [0.15, 0.2) is 0 Å². The molecule has 0 amide bonds. The molecule has 0 aromatic heterocycles. The summed E-state index contributed by atoms with van der Waals surface area (Å²) in [5.41, 5.74) is 0. The van der Waals surface area contributed by atoms with Crippen LogP contribution in [-0.2, 0) is 12.6 Å². The van der Waals surface area contributed by atoms with Gasteiger partial charge in [-0.25, -0.2) is 0 Å². The number of esters is 1. The summed E-state index contributed by atoms with van der Waals surface area (Å²) in [7, 11) is 1.45. The second-order valence-corrected chi connectivity index (χ2v) is 3.59. The quantitative estimate of drug-likeness (QED) is 0.575. The van der Waals surface area contributed by atoms with Gasteiger partial charge in [0, 0.05) is 0 Å². The minimum absolute atomic E-state index is 0.0677. The van der Waals surface area contributed by atoms with Gasteiger partial charge in [-0.15, -0.1) is 0 Å². The Bertz CT molecular complexity index is 152. The van der Waals surface area contributed by atoms with Gasteiger partial charge in [0.1, 0.15) is 23.0 Å². The minimum atomic E-state index is -0.0677. The van der Waals surface area contributed by atoms with Crippen LogP contribution in [0.4, 0.5) is 0 Å². The van der Waals surface area contributed by atoms with E-state index in [4.69, 9.17) is 3.07 Å². The molecule has 0 unspecified atom stereocenters. The van der Waals surface area contributed by atoms with E-state index in [0.717, 1.165) is 25.7 Å². The lowest BCUT2D eigenvalue weighted by Gasteiger charge is -2.24. The van der Waals surface area contributed by atoms with E-state index in [9.17, 15) is 4.79 Å². The molecule has 70 valence electrons. The van der Waals surface area contributed by atoms with Crippen LogP contribution >= 0.6 is 23.0 Å². The average Bonchev–Trinajstić information content (AvgIpc) is 2.17. The summed E-state index contributed by atoms with van der Waals surface area (Å²) in [6.07, 6.45) is 4.10. The van der Waals surface area contributed by atoms with Crippen molar-refractivity contribution in [1.82, 2.24) is 0 Å². The van der Waals surface area contributed by atoms with Crippen molar-refractivity contribution in [3.63, 3.8) is 0 Å². The van der Waals surface area contributed by atoms with Crippen molar-refractivity contribution in [3.8, 4) is 0 Å². The number of rotatable bonds is 2. The number of methoxy groups -OCH3 is 1. The summed E-state index contributed by atoms with van der Waals surface area (Å²) in [5.74, 6) is 0.0414. The monoisotopic (exact) mass is 284 g/mol. The highest BCUT2D eigenvalue weighted by Crippen LogP contribution is 2.27. The first kappa shape index (κ1) is 10.2. The molecule has 0 saturated heterocycles. The molecular formula is C8H13IO3. The summed E-state index contributed by atoms with van der Waals surface area (Å²) >= 11 is 1.92. The lowest BCUT2D eigenvalue weighted by molar-refractivity contribution is -0.146. The van der Waals surface area contributed by atoms with Crippen molar-refractivity contribution < 1.29 is 12.6 Å². The molecule has 1 rings (SSSR count). The van der Waals surface area contributed by atoms with Gasteiger partial charge in [0.2, 0.25) is 0 Å². The van der Waals surface area contributed by atoms with Crippen LogP contribution in [-0.4, -0.2) is 19.2 Å². The molecule has 0 aromatic rings. The molecule has 0 bridgehead atoms. The Labute approximate surface area is 86.5 Å². The predicted octanol–water partition coefficient (Wildman–Crippen LogP) is 2.08. The summed E-state index contributed by atoms with van der Waals surface area (Å²) in [4.78, 5) is 11.1. The second-order valence-electron chi connectivity index (χ2n) is 3.09. The highest BCUT2D eigenvalue weighted by atomic mass is 127. The normalized spacial score (nSPS) is 29.8. The van der Waals surface area contributed by atoms with Crippen molar-refractivity contribution in [2.75, 3.05) is 7.11 Å². The molecule has 1 aliphatic rings. The third kappa shape index (κ3) is 2.58. The van der Waals surface area contributed by atoms with E-state index < -0.39 is 0 Å². The number of carbonyl (C=O) groups is 1. The Morgan fingerprint density at radius 1 is 1.33 bits per heavy atom. The molecule has 0 aromatic carbocycles. The smallest absolute Gasteiger partial charge is 0.308 e. The van der Waals surface area contributed by atoms with Crippen molar-refractivity contribution in [2.24, 2.45) is 5.92 Å². The van der Waals surface area contributed by atoms with Crippen LogP contribution in [0.5, 0.6) is 0 Å². The number of hydrogen-bond donors (Lipinski definition) is 0. The van der Waals surface area contributed by atoms with E-state index in [2.05, 4.69) is 4.74 Å². The minimum Gasteiger partial charge on any atom is -0.469 e. The topological polar surface area (TPSA) is 35.5 Å². The maximum Gasteiger partial charge on any atom is 0.308 e. The van der Waals surface area contributed by atoms with E-state index in [1.807, 2.05) is 23.0 Å². The number of ether oxygens (including phenoxy) is 1. The van der Waals surface area contributed by atoms with Crippen LogP contribution < -0.4 is 0 Å². The first-order valence-electron chi connectivity index (χ1n) is 4.13. The largest absolute Gasteiger partial charge is 0.469 e. The SMILES string of the molecule is COC(=O)C1CCC(OI)CC1. The van der Waals surface area contributed by atoms with E-state index in [-0.39, 0.29) is 11.9 Å². The molecule has 0 atom stereocenters. The van der Waals surface area contributed by atoms with Crippen LogP contribution in [0.25, 0.3) is 0 Å². The van der Waals surface area contributed by atoms with Crippen LogP contribution in [0.2, 0.25) is 0 Å². The maximum atomic E-state index is 11.1. The number of hydrogen-bond acceptors (Lipinski definition) is 3. The van der Waals surface area contributed by atoms with Crippen molar-refractivity contribution in [3.05, 3.63) is 0 Å². The Balaban J connectivity index is 2.30. The van der Waals surface area contributed by atoms with E-state index in [0.29, 0.717) is 6.10 Å². The van der Waals surface area contributed by atoms with Crippen LogP contribution in [0.3, 0.4) is 0 Å². The first-order valence-corrected chi connectivity index (χ1v) is 5.01. The summed E-state index contributed by atoms with van der Waals surface area (Å²) in [6, 6.07) is 0. The predicted molar refractivity (Wildman–Crippen MR) is 52.9 cm³/mol. The van der Waals surface area contributed by atoms with E-state index in [1.165, 1.54) is 7.11 Å². The summed E-state index contributed by atoms with van der Waals surface area (Å²) in [6.45, 7) is 0. The molecule has 3 nitrogen and oxygen atoms in total. The van der Waals surface area contributed by atoms with Crippen LogP contribution in [0.1, 0.15) is 25.7 Å². The van der Waals surface area contributed by atoms with Crippen LogP contribution in [0, 0.1) is 5.92 Å². The maximum absolute atomic E-state index is 11.1. The molecule has 0 N–H and O–H groups in total. The van der Waals surface area contributed by atoms with Gasteiger partial charge in [0.05, 0.1) is 19.1 Å². The lowest BCUT2D eigenvalue weighted by atomic mass is 9.88. The number of halogens is 1. The molecule has 0 heterocycles. The fraction of sp³-hybridized carbons (Fsp3) is 0.875. The van der Waals surface area contributed by atoms with Gasteiger partial charge >= 0.3 is 5.97 Å². The molecule has 0 radical (unpaired) electrons. The Hall–Kier alpha value is 0.160. The highest BCUT2D eigenvalue weighted by Gasteiger charge is 2.26. The standard InChI is InChI=1S/C8H13IO3/c1-11-8(10)6-2-4-7(12-9)5-3-6/h6-7H,2-5H2,1H3. The van der Waals surface area contributed by atoms with Gasteiger partial charge in [-0.2, -0.15) is 0 Å². The zero-order valence-corrected chi connectivity index (χ0v) is 9.24. The third-order valence-corrected chi connectivity index (χ3v) is 3.05. The summed E-state index contributed by atoms with van der Waals surface area (Å²) < 4.78 is 9.85. The number of carbonyl (C=O) groups excluding carboxylic acids is 1. The van der Waals surface area contributed by atoms with Gasteiger partial charge < -0.3 is 7.80 Å². The molecule has 4 heteroatoms. The molecule has 12 heavy (non-hydrogen) atoms. The van der Waals surface area contributed by atoms with E-state index >= 15 is 0 Å². The Morgan fingerprint density at radius 3 is 2.33 bits per heavy atom. The zero-order chi connectivity index (χ0) is 8.97. The lowest BCUT2D eigenvalue weighted by Crippen LogP contribution is -2.25. The average molecular weight is 284 g/mol. The van der Waals surface area contributed by atoms with Gasteiger partial charge in [0.15, 0.2) is 0 Å². The molecular weight excluding hydrogens is 271 g/mol. The van der Waals surface area contributed by atoms with Crippen molar-refractivity contribution in [1.29, 1.82) is 0 Å².